The fraction of sp³-hybridized carbons (Fsp3) is 0.300. The maximum Gasteiger partial charge on any atom is 0.243 e. The van der Waals surface area contributed by atoms with Crippen molar-refractivity contribution < 1.29 is 18.0 Å². The highest BCUT2D eigenvalue weighted by atomic mass is 35.5. The van der Waals surface area contributed by atoms with Crippen LogP contribution in [0.1, 0.15) is 42.2 Å². The van der Waals surface area contributed by atoms with Crippen molar-refractivity contribution in [3.8, 4) is 0 Å². The number of amides is 1. The molecule has 28 heavy (non-hydrogen) atoms. The molecule has 1 N–H and O–H groups in total. The van der Waals surface area contributed by atoms with Gasteiger partial charge in [-0.3, -0.25) is 9.59 Å². The summed E-state index contributed by atoms with van der Waals surface area (Å²) in [6, 6.07) is 12.5. The third-order valence-corrected chi connectivity index (χ3v) is 6.42. The van der Waals surface area contributed by atoms with Crippen LogP contribution >= 0.6 is 11.6 Å². The van der Waals surface area contributed by atoms with Gasteiger partial charge in [-0.1, -0.05) is 42.8 Å². The zero-order chi connectivity index (χ0) is 20.9. The Morgan fingerprint density at radius 1 is 1.07 bits per heavy atom. The summed E-state index contributed by atoms with van der Waals surface area (Å²) in [4.78, 5) is 23.8. The molecule has 1 amide bonds. The Morgan fingerprint density at radius 3 is 2.14 bits per heavy atom. The van der Waals surface area contributed by atoms with Gasteiger partial charge in [0.2, 0.25) is 15.9 Å². The fourth-order valence-corrected chi connectivity index (χ4v) is 3.94. The van der Waals surface area contributed by atoms with Crippen LogP contribution in [0.4, 0.5) is 0 Å². The summed E-state index contributed by atoms with van der Waals surface area (Å²) in [6.07, 6.45) is 0.649. The largest absolute Gasteiger partial charge is 0.348 e. The third-order valence-electron chi connectivity index (χ3n) is 4.35. The van der Waals surface area contributed by atoms with Crippen LogP contribution < -0.4 is 5.32 Å². The van der Waals surface area contributed by atoms with E-state index in [9.17, 15) is 18.0 Å². The van der Waals surface area contributed by atoms with Gasteiger partial charge in [0, 0.05) is 17.6 Å². The van der Waals surface area contributed by atoms with E-state index in [0.717, 1.165) is 9.87 Å². The Hall–Kier alpha value is -2.22. The van der Waals surface area contributed by atoms with Crippen molar-refractivity contribution in [3.05, 3.63) is 64.7 Å². The van der Waals surface area contributed by atoms with E-state index in [2.05, 4.69) is 5.32 Å². The number of Topliss-reactive ketones (excluding diaryl/α,β-unsaturated/α-hetero) is 1. The van der Waals surface area contributed by atoms with Gasteiger partial charge in [0.1, 0.15) is 0 Å². The molecule has 0 aliphatic heterocycles. The van der Waals surface area contributed by atoms with Crippen LogP contribution in [0.3, 0.4) is 0 Å². The summed E-state index contributed by atoms with van der Waals surface area (Å²) in [5.74, 6) is -0.558. The Bertz CT molecular complexity index is 941. The summed E-state index contributed by atoms with van der Waals surface area (Å²) < 4.78 is 26.3. The number of hydrogen-bond acceptors (Lipinski definition) is 4. The van der Waals surface area contributed by atoms with Gasteiger partial charge < -0.3 is 5.32 Å². The first-order valence-electron chi connectivity index (χ1n) is 8.77. The van der Waals surface area contributed by atoms with Crippen molar-refractivity contribution in [2.75, 3.05) is 13.6 Å². The Kier molecular flexibility index (Phi) is 7.35. The van der Waals surface area contributed by atoms with Crippen molar-refractivity contribution in [1.29, 1.82) is 0 Å². The number of nitrogens with one attached hydrogen (secondary N) is 1. The SMILES string of the molecule is CC[C@H](NC(=O)CN(C)S(=O)(=O)c1ccc(C(C)=O)cc1)c1ccc(Cl)cc1. The molecule has 0 fully saturated rings. The second-order valence-electron chi connectivity index (χ2n) is 6.42. The Balaban J connectivity index is 2.07. The molecule has 150 valence electrons. The molecule has 0 spiro atoms. The molecule has 8 heteroatoms. The summed E-state index contributed by atoms with van der Waals surface area (Å²) in [7, 11) is -2.50. The van der Waals surface area contributed by atoms with E-state index in [1.165, 1.54) is 38.2 Å². The van der Waals surface area contributed by atoms with Crippen LogP contribution in [0.5, 0.6) is 0 Å². The number of sulfonamides is 1. The van der Waals surface area contributed by atoms with Gasteiger partial charge >= 0.3 is 0 Å². The number of carbonyl (C=O) groups is 2. The van der Waals surface area contributed by atoms with E-state index in [4.69, 9.17) is 11.6 Å². The van der Waals surface area contributed by atoms with Crippen molar-refractivity contribution in [1.82, 2.24) is 9.62 Å². The van der Waals surface area contributed by atoms with Crippen LogP contribution in [-0.2, 0) is 14.8 Å². The van der Waals surface area contributed by atoms with Gasteiger partial charge in [-0.05, 0) is 43.2 Å². The Labute approximate surface area is 170 Å². The second-order valence-corrected chi connectivity index (χ2v) is 8.90. The van der Waals surface area contributed by atoms with E-state index in [0.29, 0.717) is 17.0 Å². The molecule has 2 aromatic rings. The van der Waals surface area contributed by atoms with Gasteiger partial charge in [0.25, 0.3) is 0 Å². The zero-order valence-electron chi connectivity index (χ0n) is 16.0. The minimum Gasteiger partial charge on any atom is -0.348 e. The Morgan fingerprint density at radius 2 is 1.64 bits per heavy atom. The van der Waals surface area contributed by atoms with E-state index in [-0.39, 0.29) is 23.3 Å². The van der Waals surface area contributed by atoms with Crippen molar-refractivity contribution in [2.24, 2.45) is 0 Å². The van der Waals surface area contributed by atoms with Gasteiger partial charge in [-0.25, -0.2) is 8.42 Å². The van der Waals surface area contributed by atoms with Gasteiger partial charge in [0.15, 0.2) is 5.78 Å². The molecule has 0 bridgehead atoms. The molecule has 0 radical (unpaired) electrons. The molecule has 0 saturated heterocycles. The number of benzene rings is 2. The number of ketones is 1. The monoisotopic (exact) mass is 422 g/mol. The van der Waals surface area contributed by atoms with E-state index in [1.54, 1.807) is 12.1 Å². The first-order chi connectivity index (χ1) is 13.1. The topological polar surface area (TPSA) is 83.6 Å². The van der Waals surface area contributed by atoms with Crippen molar-refractivity contribution in [3.63, 3.8) is 0 Å². The quantitative estimate of drug-likeness (QED) is 0.660. The highest BCUT2D eigenvalue weighted by molar-refractivity contribution is 7.89. The summed E-state index contributed by atoms with van der Waals surface area (Å²) >= 11 is 5.89. The summed E-state index contributed by atoms with van der Waals surface area (Å²) in [6.45, 7) is 3.02. The summed E-state index contributed by atoms with van der Waals surface area (Å²) in [5, 5.41) is 3.45. The number of carbonyl (C=O) groups excluding carboxylic acids is 2. The molecule has 0 aliphatic rings. The van der Waals surface area contributed by atoms with Crippen molar-refractivity contribution >= 4 is 33.3 Å². The van der Waals surface area contributed by atoms with Gasteiger partial charge in [-0.2, -0.15) is 4.31 Å². The number of halogens is 1. The van der Waals surface area contributed by atoms with E-state index in [1.807, 2.05) is 19.1 Å². The molecule has 0 aromatic heterocycles. The number of nitrogens with zero attached hydrogens (tertiary/aromatic N) is 1. The minimum atomic E-state index is -3.85. The van der Waals surface area contributed by atoms with Crippen molar-refractivity contribution in [2.45, 2.75) is 31.2 Å². The standard InChI is InChI=1S/C20H23ClN2O4S/c1-4-19(16-5-9-17(21)10-6-16)22-20(25)13-23(3)28(26,27)18-11-7-15(8-12-18)14(2)24/h5-12,19H,4,13H2,1-3H3,(H,22,25)/t19-/m0/s1. The highest BCUT2D eigenvalue weighted by Crippen LogP contribution is 2.20. The predicted molar refractivity (Wildman–Crippen MR) is 109 cm³/mol. The average Bonchev–Trinajstić information content (AvgIpc) is 2.66. The lowest BCUT2D eigenvalue weighted by Gasteiger charge is -2.21. The first-order valence-corrected chi connectivity index (χ1v) is 10.6. The molecule has 1 atom stereocenters. The van der Waals surface area contributed by atoms with Crippen LogP contribution in [0.2, 0.25) is 5.02 Å². The van der Waals surface area contributed by atoms with Crippen LogP contribution in [0.25, 0.3) is 0 Å². The zero-order valence-corrected chi connectivity index (χ0v) is 17.5. The molecule has 2 rings (SSSR count). The maximum atomic E-state index is 12.7. The van der Waals surface area contributed by atoms with Crippen LogP contribution in [-0.4, -0.2) is 38.0 Å². The number of hydrogen-bond donors (Lipinski definition) is 1. The third kappa shape index (κ3) is 5.41. The van der Waals surface area contributed by atoms with Crippen LogP contribution in [0, 0.1) is 0 Å². The van der Waals surface area contributed by atoms with E-state index >= 15 is 0 Å². The number of rotatable bonds is 8. The lowest BCUT2D eigenvalue weighted by Crippen LogP contribution is -2.39. The minimum absolute atomic E-state index is 0.0255. The smallest absolute Gasteiger partial charge is 0.243 e. The van der Waals surface area contributed by atoms with Gasteiger partial charge in [0.05, 0.1) is 17.5 Å². The fourth-order valence-electron chi connectivity index (χ4n) is 2.68. The molecule has 0 aliphatic carbocycles. The van der Waals surface area contributed by atoms with Gasteiger partial charge in [-0.15, -0.1) is 0 Å². The molecular formula is C20H23ClN2O4S. The maximum absolute atomic E-state index is 12.7. The average molecular weight is 423 g/mol. The molecule has 0 unspecified atom stereocenters. The predicted octanol–water partition coefficient (Wildman–Crippen LogP) is 3.43. The van der Waals surface area contributed by atoms with E-state index < -0.39 is 15.9 Å². The summed E-state index contributed by atoms with van der Waals surface area (Å²) in [5.41, 5.74) is 1.32. The molecule has 2 aromatic carbocycles. The molecule has 0 saturated carbocycles. The molecular weight excluding hydrogens is 400 g/mol. The van der Waals surface area contributed by atoms with Crippen LogP contribution in [0.15, 0.2) is 53.4 Å². The first kappa shape index (κ1) is 22.1. The molecule has 0 heterocycles. The molecule has 6 nitrogen and oxygen atoms in total. The normalized spacial score (nSPS) is 12.6. The lowest BCUT2D eigenvalue weighted by atomic mass is 10.0. The highest BCUT2D eigenvalue weighted by Gasteiger charge is 2.24. The number of likely N-dealkylation sites (N-methyl/N-ethyl adjacent to an activating group) is 1. The second kappa shape index (κ2) is 9.32. The lowest BCUT2D eigenvalue weighted by molar-refractivity contribution is -0.121.